The second kappa shape index (κ2) is 13.4. The zero-order valence-corrected chi connectivity index (χ0v) is 18.5. The van der Waals surface area contributed by atoms with Crippen molar-refractivity contribution in [3.63, 3.8) is 0 Å². The smallest absolute Gasteiger partial charge is 0.444 e. The summed E-state index contributed by atoms with van der Waals surface area (Å²) in [6.45, 7) is 4.69. The van der Waals surface area contributed by atoms with Crippen LogP contribution in [0, 0.1) is 26.1 Å². The highest BCUT2D eigenvalue weighted by Crippen LogP contribution is 2.30. The van der Waals surface area contributed by atoms with Crippen LogP contribution in [0.25, 0.3) is 0 Å². The molecule has 1 N–H and O–H groups in total. The van der Waals surface area contributed by atoms with Crippen LogP contribution in [-0.2, 0) is 23.9 Å². The molecule has 0 bridgehead atoms. The number of carbonyl (C=O) groups is 2. The van der Waals surface area contributed by atoms with Crippen LogP contribution >= 0.6 is 0 Å². The first-order valence-corrected chi connectivity index (χ1v) is 10.3. The Morgan fingerprint density at radius 1 is 1.00 bits per heavy atom. The Balaban J connectivity index is 2.50. The van der Waals surface area contributed by atoms with Gasteiger partial charge in [-0.2, -0.15) is 0 Å². The molecule has 0 aromatic heterocycles. The molecular formula is C18H31N3O11. The standard InChI is InChI=1S/C18H31N3O11/c1-18(2,3)32-16(22)19-14-7-5-13(6-8-14)15(9-12-30-21(26)27)31-17(23)28-10-4-11-29-20(24)25/h13-15H,4-12H2,1-3H3,(H,19,22). The minimum absolute atomic E-state index is 0.0923. The summed E-state index contributed by atoms with van der Waals surface area (Å²) in [4.78, 5) is 52.8. The summed E-state index contributed by atoms with van der Waals surface area (Å²) in [5.74, 6) is -0.104. The zero-order valence-electron chi connectivity index (χ0n) is 18.5. The molecule has 1 rings (SSSR count). The lowest BCUT2D eigenvalue weighted by molar-refractivity contribution is -0.758. The molecule has 14 nitrogen and oxygen atoms in total. The number of hydrogen-bond acceptors (Lipinski definition) is 11. The van der Waals surface area contributed by atoms with Crippen LogP contribution in [0.4, 0.5) is 9.59 Å². The molecule has 0 aromatic rings. The van der Waals surface area contributed by atoms with Crippen molar-refractivity contribution in [1.29, 1.82) is 0 Å². The maximum atomic E-state index is 12.0. The number of amides is 1. The van der Waals surface area contributed by atoms with Crippen molar-refractivity contribution in [1.82, 2.24) is 5.32 Å². The van der Waals surface area contributed by atoms with Crippen molar-refractivity contribution >= 4 is 12.2 Å². The highest BCUT2D eigenvalue weighted by atomic mass is 17.0. The van der Waals surface area contributed by atoms with Crippen molar-refractivity contribution in [2.24, 2.45) is 5.92 Å². The second-order valence-electron chi connectivity index (χ2n) is 8.27. The van der Waals surface area contributed by atoms with Gasteiger partial charge in [-0.15, -0.1) is 20.2 Å². The Bertz CT molecular complexity index is 630. The molecule has 14 heteroatoms. The van der Waals surface area contributed by atoms with E-state index in [1.807, 2.05) is 0 Å². The topological polar surface area (TPSA) is 179 Å². The summed E-state index contributed by atoms with van der Waals surface area (Å²) in [5, 5.41) is 21.4. The van der Waals surface area contributed by atoms with E-state index in [0.717, 1.165) is 0 Å². The Morgan fingerprint density at radius 2 is 1.59 bits per heavy atom. The molecule has 1 amide bonds. The molecule has 1 saturated carbocycles. The van der Waals surface area contributed by atoms with Gasteiger partial charge < -0.3 is 29.2 Å². The third-order valence-electron chi connectivity index (χ3n) is 4.57. The third-order valence-corrected chi connectivity index (χ3v) is 4.57. The van der Waals surface area contributed by atoms with E-state index in [1.54, 1.807) is 20.8 Å². The minimum Gasteiger partial charge on any atom is -0.444 e. The molecule has 0 spiro atoms. The zero-order chi connectivity index (χ0) is 24.1. The lowest BCUT2D eigenvalue weighted by Crippen LogP contribution is -2.42. The third kappa shape index (κ3) is 12.6. The summed E-state index contributed by atoms with van der Waals surface area (Å²) in [6.07, 6.45) is 0.479. The molecule has 1 fully saturated rings. The van der Waals surface area contributed by atoms with Gasteiger partial charge >= 0.3 is 12.2 Å². The quantitative estimate of drug-likeness (QED) is 0.194. The van der Waals surface area contributed by atoms with Gasteiger partial charge in [0.25, 0.3) is 10.2 Å². The number of rotatable bonds is 12. The molecule has 1 aliphatic rings. The molecule has 184 valence electrons. The predicted octanol–water partition coefficient (Wildman–Crippen LogP) is 2.79. The van der Waals surface area contributed by atoms with E-state index in [-0.39, 0.29) is 44.6 Å². The van der Waals surface area contributed by atoms with E-state index in [4.69, 9.17) is 14.2 Å². The largest absolute Gasteiger partial charge is 0.508 e. The van der Waals surface area contributed by atoms with Crippen LogP contribution in [0.3, 0.4) is 0 Å². The van der Waals surface area contributed by atoms with Gasteiger partial charge in [-0.05, 0) is 52.4 Å². The van der Waals surface area contributed by atoms with Gasteiger partial charge in [0, 0.05) is 18.9 Å². The van der Waals surface area contributed by atoms with Crippen molar-refractivity contribution in [3.05, 3.63) is 20.2 Å². The molecule has 32 heavy (non-hydrogen) atoms. The lowest BCUT2D eigenvalue weighted by Gasteiger charge is -2.33. The molecular weight excluding hydrogens is 434 g/mol. The highest BCUT2D eigenvalue weighted by Gasteiger charge is 2.32. The van der Waals surface area contributed by atoms with Crippen LogP contribution in [0.15, 0.2) is 0 Å². The van der Waals surface area contributed by atoms with E-state index in [2.05, 4.69) is 15.0 Å². The number of hydrogen-bond donors (Lipinski definition) is 1. The molecule has 0 saturated heterocycles. The van der Waals surface area contributed by atoms with Crippen molar-refractivity contribution in [2.75, 3.05) is 19.8 Å². The Labute approximate surface area is 185 Å². The van der Waals surface area contributed by atoms with E-state index >= 15 is 0 Å². The van der Waals surface area contributed by atoms with Crippen molar-refractivity contribution in [3.8, 4) is 0 Å². The fourth-order valence-electron chi connectivity index (χ4n) is 3.25. The maximum Gasteiger partial charge on any atom is 0.508 e. The fourth-order valence-corrected chi connectivity index (χ4v) is 3.25. The molecule has 0 heterocycles. The summed E-state index contributed by atoms with van der Waals surface area (Å²) in [6, 6.07) is -0.0923. The molecule has 0 aromatic carbocycles. The van der Waals surface area contributed by atoms with Gasteiger partial charge in [-0.3, -0.25) is 0 Å². The van der Waals surface area contributed by atoms with Crippen LogP contribution in [0.5, 0.6) is 0 Å². The van der Waals surface area contributed by atoms with Crippen molar-refractivity contribution < 1.29 is 43.6 Å². The SMILES string of the molecule is CC(C)(C)OC(=O)NC1CCC(C(CCO[N+](=O)[O-])OC(=O)OCCCO[N+](=O)[O-])CC1. The Hall–Kier alpha value is -3.06. The van der Waals surface area contributed by atoms with Crippen LogP contribution in [0.1, 0.15) is 59.3 Å². The first-order chi connectivity index (χ1) is 15.0. The first kappa shape index (κ1) is 27.0. The predicted molar refractivity (Wildman–Crippen MR) is 106 cm³/mol. The second-order valence-corrected chi connectivity index (χ2v) is 8.27. The molecule has 1 unspecified atom stereocenters. The van der Waals surface area contributed by atoms with Crippen LogP contribution < -0.4 is 5.32 Å². The summed E-state index contributed by atoms with van der Waals surface area (Å²) in [7, 11) is 0. The summed E-state index contributed by atoms with van der Waals surface area (Å²) < 4.78 is 15.5. The summed E-state index contributed by atoms with van der Waals surface area (Å²) in [5.41, 5.74) is -0.604. The number of ether oxygens (including phenoxy) is 3. The number of nitrogens with one attached hydrogen (secondary N) is 1. The highest BCUT2D eigenvalue weighted by molar-refractivity contribution is 5.68. The van der Waals surface area contributed by atoms with E-state index in [1.165, 1.54) is 0 Å². The Morgan fingerprint density at radius 3 is 2.16 bits per heavy atom. The normalized spacial score (nSPS) is 19.2. The first-order valence-electron chi connectivity index (χ1n) is 10.3. The summed E-state index contributed by atoms with van der Waals surface area (Å²) >= 11 is 0. The average Bonchev–Trinajstić information content (AvgIpc) is 2.65. The number of nitrogens with zero attached hydrogens (tertiary/aromatic N) is 2. The number of carbonyl (C=O) groups excluding carboxylic acids is 2. The number of alkyl carbamates (subject to hydrolysis) is 1. The van der Waals surface area contributed by atoms with Crippen LogP contribution in [-0.4, -0.2) is 60.0 Å². The monoisotopic (exact) mass is 465 g/mol. The molecule has 1 aliphatic carbocycles. The molecule has 0 radical (unpaired) electrons. The average molecular weight is 465 g/mol. The van der Waals surface area contributed by atoms with Gasteiger partial charge in [0.1, 0.15) is 18.3 Å². The van der Waals surface area contributed by atoms with E-state index in [0.29, 0.717) is 25.7 Å². The molecule has 0 aliphatic heterocycles. The van der Waals surface area contributed by atoms with Gasteiger partial charge in [-0.1, -0.05) is 0 Å². The van der Waals surface area contributed by atoms with Gasteiger partial charge in [0.2, 0.25) is 0 Å². The van der Waals surface area contributed by atoms with E-state index < -0.39 is 34.1 Å². The van der Waals surface area contributed by atoms with Gasteiger partial charge in [-0.25, -0.2) is 9.59 Å². The lowest BCUT2D eigenvalue weighted by atomic mass is 9.82. The molecule has 1 atom stereocenters. The fraction of sp³-hybridized carbons (Fsp3) is 0.889. The van der Waals surface area contributed by atoms with Gasteiger partial charge in [0.15, 0.2) is 0 Å². The minimum atomic E-state index is -0.980. The van der Waals surface area contributed by atoms with E-state index in [9.17, 15) is 29.8 Å². The van der Waals surface area contributed by atoms with Crippen LogP contribution in [0.2, 0.25) is 0 Å². The maximum absolute atomic E-state index is 12.0. The Kier molecular flexibility index (Phi) is 11.3. The van der Waals surface area contributed by atoms with Gasteiger partial charge in [0.05, 0.1) is 13.2 Å². The van der Waals surface area contributed by atoms with Crippen molar-refractivity contribution in [2.45, 2.75) is 77.0 Å².